The average Bonchev–Trinajstić information content (AvgIpc) is 3.12. The SMILES string of the molecule is O=C1[C@@H]2[C@@H](C(=O)N1c1ccc(Cl)cc1Cl)[C@@]1(CO)C=C[C@H]2O1. The van der Waals surface area contributed by atoms with E-state index >= 15 is 0 Å². The van der Waals surface area contributed by atoms with Crippen LogP contribution in [0, 0.1) is 11.8 Å². The Morgan fingerprint density at radius 3 is 2.73 bits per heavy atom. The van der Waals surface area contributed by atoms with Crippen LogP contribution in [0.2, 0.25) is 10.0 Å². The largest absolute Gasteiger partial charge is 0.393 e. The minimum absolute atomic E-state index is 0.230. The number of benzene rings is 1. The number of nitrogens with zero attached hydrogens (tertiary/aromatic N) is 1. The number of hydrogen-bond donors (Lipinski definition) is 1. The van der Waals surface area contributed by atoms with Crippen molar-refractivity contribution in [2.24, 2.45) is 11.8 Å². The third kappa shape index (κ3) is 1.62. The first-order chi connectivity index (χ1) is 10.5. The van der Waals surface area contributed by atoms with Crippen LogP contribution < -0.4 is 4.90 Å². The van der Waals surface area contributed by atoms with Crippen molar-refractivity contribution in [2.75, 3.05) is 11.5 Å². The van der Waals surface area contributed by atoms with Gasteiger partial charge in [-0.05, 0) is 18.2 Å². The van der Waals surface area contributed by atoms with E-state index in [4.69, 9.17) is 27.9 Å². The molecule has 2 amide bonds. The Morgan fingerprint density at radius 2 is 2.05 bits per heavy atom. The summed E-state index contributed by atoms with van der Waals surface area (Å²) in [6, 6.07) is 4.60. The number of fused-ring (bicyclic) bond motifs is 5. The van der Waals surface area contributed by atoms with Gasteiger partial charge >= 0.3 is 0 Å². The van der Waals surface area contributed by atoms with Gasteiger partial charge < -0.3 is 9.84 Å². The summed E-state index contributed by atoms with van der Waals surface area (Å²) in [5, 5.41) is 10.3. The highest BCUT2D eigenvalue weighted by Gasteiger charge is 2.67. The minimum Gasteiger partial charge on any atom is -0.393 e. The highest BCUT2D eigenvalue weighted by molar-refractivity contribution is 6.38. The first-order valence-corrected chi connectivity index (χ1v) is 7.55. The maximum atomic E-state index is 12.8. The Labute approximate surface area is 136 Å². The minimum atomic E-state index is -1.10. The van der Waals surface area contributed by atoms with Gasteiger partial charge in [-0.2, -0.15) is 0 Å². The van der Waals surface area contributed by atoms with Crippen molar-refractivity contribution >= 4 is 40.7 Å². The van der Waals surface area contributed by atoms with Crippen LogP contribution in [0.25, 0.3) is 0 Å². The van der Waals surface area contributed by atoms with Gasteiger partial charge in [-0.3, -0.25) is 9.59 Å². The first kappa shape index (κ1) is 14.2. The smallest absolute Gasteiger partial charge is 0.241 e. The zero-order valence-electron chi connectivity index (χ0n) is 11.2. The second-order valence-electron chi connectivity index (χ2n) is 5.67. The van der Waals surface area contributed by atoms with Crippen LogP contribution in [-0.2, 0) is 14.3 Å². The quantitative estimate of drug-likeness (QED) is 0.659. The molecule has 1 aromatic rings. The van der Waals surface area contributed by atoms with E-state index in [1.165, 1.54) is 6.07 Å². The van der Waals surface area contributed by atoms with Gasteiger partial charge in [0.25, 0.3) is 0 Å². The molecular weight excluding hydrogens is 329 g/mol. The van der Waals surface area contributed by atoms with Crippen LogP contribution in [0.4, 0.5) is 5.69 Å². The molecule has 22 heavy (non-hydrogen) atoms. The average molecular weight is 340 g/mol. The molecule has 0 unspecified atom stereocenters. The fourth-order valence-electron chi connectivity index (χ4n) is 3.58. The molecule has 2 fully saturated rings. The highest BCUT2D eigenvalue weighted by Crippen LogP contribution is 2.52. The van der Waals surface area contributed by atoms with E-state index in [-0.39, 0.29) is 17.5 Å². The fourth-order valence-corrected chi connectivity index (χ4v) is 4.08. The molecule has 0 radical (unpaired) electrons. The Balaban J connectivity index is 1.79. The van der Waals surface area contributed by atoms with Crippen LogP contribution in [-0.4, -0.2) is 35.2 Å². The van der Waals surface area contributed by atoms with Gasteiger partial charge in [0, 0.05) is 5.02 Å². The zero-order chi connectivity index (χ0) is 15.6. The normalized spacial score (nSPS) is 35.6. The molecule has 3 aliphatic heterocycles. The molecular formula is C15H11Cl2NO4. The number of anilines is 1. The molecule has 0 aliphatic carbocycles. The standard InChI is InChI=1S/C15H11Cl2NO4/c16-7-1-2-9(8(17)5-7)18-13(20)11-10-3-4-15(6-19,22-10)12(11)14(18)21/h1-5,10-12,19H,6H2/t10-,11+,12+,15+/m1/s1. The number of carbonyl (C=O) groups excluding carboxylic acids is 2. The van der Waals surface area contributed by atoms with E-state index in [1.54, 1.807) is 24.3 Å². The molecule has 4 atom stereocenters. The van der Waals surface area contributed by atoms with Gasteiger partial charge in [0.05, 0.1) is 35.3 Å². The maximum Gasteiger partial charge on any atom is 0.241 e. The van der Waals surface area contributed by atoms with Gasteiger partial charge in [0.1, 0.15) is 5.60 Å². The molecule has 0 saturated carbocycles. The molecule has 0 spiro atoms. The van der Waals surface area contributed by atoms with Crippen LogP contribution >= 0.6 is 23.2 Å². The number of hydrogen-bond acceptors (Lipinski definition) is 4. The highest BCUT2D eigenvalue weighted by atomic mass is 35.5. The van der Waals surface area contributed by atoms with Crippen molar-refractivity contribution in [1.82, 2.24) is 0 Å². The third-order valence-corrected chi connectivity index (χ3v) is 5.09. The predicted octanol–water partition coefficient (Wildman–Crippen LogP) is 1.80. The van der Waals surface area contributed by atoms with Crippen molar-refractivity contribution < 1.29 is 19.4 Å². The molecule has 1 aromatic carbocycles. The lowest BCUT2D eigenvalue weighted by molar-refractivity contribution is -0.128. The topological polar surface area (TPSA) is 66.8 Å². The number of aliphatic hydroxyl groups is 1. The first-order valence-electron chi connectivity index (χ1n) is 6.79. The summed E-state index contributed by atoms with van der Waals surface area (Å²) >= 11 is 12.0. The van der Waals surface area contributed by atoms with Crippen LogP contribution in [0.15, 0.2) is 30.4 Å². The monoisotopic (exact) mass is 339 g/mol. The summed E-state index contributed by atoms with van der Waals surface area (Å²) < 4.78 is 5.67. The lowest BCUT2D eigenvalue weighted by atomic mass is 9.77. The molecule has 2 bridgehead atoms. The maximum absolute atomic E-state index is 12.8. The molecule has 0 aromatic heterocycles. The Hall–Kier alpha value is -1.40. The summed E-state index contributed by atoms with van der Waals surface area (Å²) in [7, 11) is 0. The van der Waals surface area contributed by atoms with Crippen LogP contribution in [0.1, 0.15) is 0 Å². The molecule has 4 rings (SSSR count). The molecule has 114 valence electrons. The number of amides is 2. The van der Waals surface area contributed by atoms with Gasteiger partial charge in [0.15, 0.2) is 0 Å². The Morgan fingerprint density at radius 1 is 1.27 bits per heavy atom. The Kier molecular flexibility index (Phi) is 2.94. The number of rotatable bonds is 2. The van der Waals surface area contributed by atoms with Gasteiger partial charge in [-0.25, -0.2) is 4.90 Å². The van der Waals surface area contributed by atoms with E-state index in [2.05, 4.69) is 0 Å². The molecule has 3 heterocycles. The zero-order valence-corrected chi connectivity index (χ0v) is 12.7. The number of aliphatic hydroxyl groups excluding tert-OH is 1. The number of imide groups is 1. The summed E-state index contributed by atoms with van der Waals surface area (Å²) in [6.07, 6.45) is 2.93. The summed E-state index contributed by atoms with van der Waals surface area (Å²) in [6.45, 7) is -0.345. The third-order valence-electron chi connectivity index (χ3n) is 4.55. The molecule has 3 aliphatic rings. The lowest BCUT2D eigenvalue weighted by Gasteiger charge is -2.26. The number of ether oxygens (including phenoxy) is 1. The molecule has 1 N–H and O–H groups in total. The van der Waals surface area contributed by atoms with E-state index in [0.717, 1.165) is 4.90 Å². The Bertz CT molecular complexity index is 734. The second-order valence-corrected chi connectivity index (χ2v) is 6.51. The van der Waals surface area contributed by atoms with Gasteiger partial charge in [-0.1, -0.05) is 35.4 Å². The molecule has 5 nitrogen and oxygen atoms in total. The lowest BCUT2D eigenvalue weighted by Crippen LogP contribution is -2.43. The van der Waals surface area contributed by atoms with Crippen molar-refractivity contribution in [2.45, 2.75) is 11.7 Å². The van der Waals surface area contributed by atoms with E-state index in [1.807, 2.05) is 0 Å². The van der Waals surface area contributed by atoms with Crippen molar-refractivity contribution in [3.8, 4) is 0 Å². The van der Waals surface area contributed by atoms with E-state index < -0.39 is 29.4 Å². The summed E-state index contributed by atoms with van der Waals surface area (Å²) in [5.74, 6) is -2.09. The van der Waals surface area contributed by atoms with Gasteiger partial charge in [-0.15, -0.1) is 0 Å². The molecule has 2 saturated heterocycles. The fraction of sp³-hybridized carbons (Fsp3) is 0.333. The van der Waals surface area contributed by atoms with Crippen molar-refractivity contribution in [3.63, 3.8) is 0 Å². The van der Waals surface area contributed by atoms with Gasteiger partial charge in [0.2, 0.25) is 11.8 Å². The summed E-state index contributed by atoms with van der Waals surface area (Å²) in [4.78, 5) is 26.6. The van der Waals surface area contributed by atoms with E-state index in [9.17, 15) is 14.7 Å². The van der Waals surface area contributed by atoms with E-state index in [0.29, 0.717) is 10.7 Å². The van der Waals surface area contributed by atoms with Crippen molar-refractivity contribution in [1.29, 1.82) is 0 Å². The number of halogens is 2. The molecule has 7 heteroatoms. The number of carbonyl (C=O) groups is 2. The van der Waals surface area contributed by atoms with Crippen molar-refractivity contribution in [3.05, 3.63) is 40.4 Å². The second kappa shape index (κ2) is 4.55. The predicted molar refractivity (Wildman–Crippen MR) is 79.8 cm³/mol. The van der Waals surface area contributed by atoms with Crippen LogP contribution in [0.3, 0.4) is 0 Å². The van der Waals surface area contributed by atoms with Crippen LogP contribution in [0.5, 0.6) is 0 Å². The summed E-state index contributed by atoms with van der Waals surface area (Å²) in [5.41, 5.74) is -0.793.